The minimum atomic E-state index is -0.775. The highest BCUT2D eigenvalue weighted by Crippen LogP contribution is 2.22. The summed E-state index contributed by atoms with van der Waals surface area (Å²) in [7, 11) is 2.11. The third kappa shape index (κ3) is 5.22. The van der Waals surface area contributed by atoms with Gasteiger partial charge >= 0.3 is 0 Å². The fourth-order valence-electron chi connectivity index (χ4n) is 3.10. The first-order chi connectivity index (χ1) is 11.0. The van der Waals surface area contributed by atoms with E-state index < -0.39 is 6.10 Å². The first kappa shape index (κ1) is 17.8. The average Bonchev–Trinajstić information content (AvgIpc) is 2.54. The third-order valence-electron chi connectivity index (χ3n) is 4.68. The monoisotopic (exact) mass is 320 g/mol. The zero-order valence-corrected chi connectivity index (χ0v) is 14.1. The third-order valence-corrected chi connectivity index (χ3v) is 4.68. The fraction of sp³-hybridized carbons (Fsp3) is 0.611. The van der Waals surface area contributed by atoms with Gasteiger partial charge in [0.1, 0.15) is 5.75 Å². The minimum absolute atomic E-state index is 0.112. The van der Waals surface area contributed by atoms with Crippen LogP contribution in [0.2, 0.25) is 0 Å². The van der Waals surface area contributed by atoms with Crippen LogP contribution in [0.25, 0.3) is 0 Å². The Hall–Kier alpha value is -1.59. The molecule has 0 aromatic heterocycles. The molecule has 1 saturated heterocycles. The molecule has 0 radical (unpaired) electrons. The molecule has 1 atom stereocenters. The van der Waals surface area contributed by atoms with Crippen LogP contribution in [0, 0.1) is 5.92 Å². The smallest absolute Gasteiger partial charge is 0.222 e. The largest absolute Gasteiger partial charge is 0.508 e. The predicted molar refractivity (Wildman–Crippen MR) is 90.2 cm³/mol. The molecule has 1 aromatic carbocycles. The Morgan fingerprint density at radius 3 is 2.70 bits per heavy atom. The van der Waals surface area contributed by atoms with Crippen molar-refractivity contribution >= 4 is 5.91 Å². The van der Waals surface area contributed by atoms with E-state index in [1.165, 1.54) is 0 Å². The summed E-state index contributed by atoms with van der Waals surface area (Å²) < 4.78 is 0. The molecule has 5 nitrogen and oxygen atoms in total. The number of hydrogen-bond acceptors (Lipinski definition) is 4. The van der Waals surface area contributed by atoms with Gasteiger partial charge in [0.2, 0.25) is 5.91 Å². The Morgan fingerprint density at radius 2 is 2.09 bits per heavy atom. The van der Waals surface area contributed by atoms with Crippen molar-refractivity contribution in [1.82, 2.24) is 9.80 Å². The maximum atomic E-state index is 12.5. The Bertz CT molecular complexity index is 513. The topological polar surface area (TPSA) is 64.0 Å². The first-order valence-electron chi connectivity index (χ1n) is 8.43. The lowest BCUT2D eigenvalue weighted by Gasteiger charge is -2.31. The van der Waals surface area contributed by atoms with Gasteiger partial charge in [0.05, 0.1) is 12.6 Å². The van der Waals surface area contributed by atoms with E-state index in [4.69, 9.17) is 0 Å². The molecule has 23 heavy (non-hydrogen) atoms. The number of phenols is 1. The summed E-state index contributed by atoms with van der Waals surface area (Å²) in [5.74, 6) is 0.689. The molecule has 2 rings (SSSR count). The number of aromatic hydroxyl groups is 1. The molecule has 1 unspecified atom stereocenters. The lowest BCUT2D eigenvalue weighted by molar-refractivity contribution is -0.133. The van der Waals surface area contributed by atoms with Crippen LogP contribution in [0.15, 0.2) is 24.3 Å². The van der Waals surface area contributed by atoms with Crippen molar-refractivity contribution in [1.29, 1.82) is 0 Å². The van der Waals surface area contributed by atoms with Crippen molar-refractivity contribution in [2.24, 2.45) is 5.92 Å². The highest BCUT2D eigenvalue weighted by Gasteiger charge is 2.23. The van der Waals surface area contributed by atoms with E-state index in [9.17, 15) is 15.0 Å². The van der Waals surface area contributed by atoms with Crippen LogP contribution in [-0.2, 0) is 4.79 Å². The molecule has 1 aromatic rings. The molecule has 1 aliphatic rings. The van der Waals surface area contributed by atoms with Gasteiger partial charge in [-0.15, -0.1) is 0 Å². The zero-order chi connectivity index (χ0) is 16.8. The molecule has 1 fully saturated rings. The summed E-state index contributed by atoms with van der Waals surface area (Å²) in [6.45, 7) is 4.89. The van der Waals surface area contributed by atoms with E-state index in [1.54, 1.807) is 29.2 Å². The number of phenolic OH excluding ortho intramolecular Hbond substituents is 1. The maximum Gasteiger partial charge on any atom is 0.222 e. The van der Waals surface area contributed by atoms with Crippen LogP contribution in [0.4, 0.5) is 0 Å². The van der Waals surface area contributed by atoms with Crippen LogP contribution in [0.1, 0.15) is 37.9 Å². The van der Waals surface area contributed by atoms with E-state index in [-0.39, 0.29) is 18.2 Å². The second kappa shape index (κ2) is 8.31. The number of likely N-dealkylation sites (tertiary alicyclic amines) is 1. The van der Waals surface area contributed by atoms with Gasteiger partial charge in [0, 0.05) is 13.0 Å². The van der Waals surface area contributed by atoms with Gasteiger partial charge in [-0.3, -0.25) is 4.79 Å². The van der Waals surface area contributed by atoms with E-state index in [2.05, 4.69) is 11.9 Å². The van der Waals surface area contributed by atoms with Crippen LogP contribution in [-0.4, -0.2) is 59.1 Å². The quantitative estimate of drug-likeness (QED) is 0.841. The minimum Gasteiger partial charge on any atom is -0.508 e. The summed E-state index contributed by atoms with van der Waals surface area (Å²) in [4.78, 5) is 16.5. The van der Waals surface area contributed by atoms with Gasteiger partial charge in [-0.25, -0.2) is 0 Å². The number of hydrogen-bond donors (Lipinski definition) is 2. The van der Waals surface area contributed by atoms with Crippen molar-refractivity contribution < 1.29 is 15.0 Å². The van der Waals surface area contributed by atoms with E-state index >= 15 is 0 Å². The number of aliphatic hydroxyl groups is 1. The lowest BCUT2D eigenvalue weighted by Crippen LogP contribution is -2.37. The van der Waals surface area contributed by atoms with Crippen LogP contribution < -0.4 is 0 Å². The molecule has 1 heterocycles. The molecular weight excluding hydrogens is 292 g/mol. The first-order valence-corrected chi connectivity index (χ1v) is 8.43. The Kier molecular flexibility index (Phi) is 6.42. The number of benzene rings is 1. The molecular formula is C18H28N2O3. The van der Waals surface area contributed by atoms with Gasteiger partial charge in [0.25, 0.3) is 0 Å². The van der Waals surface area contributed by atoms with Gasteiger partial charge in [-0.2, -0.15) is 0 Å². The van der Waals surface area contributed by atoms with Crippen molar-refractivity contribution in [2.75, 3.05) is 33.2 Å². The number of carbonyl (C=O) groups is 1. The van der Waals surface area contributed by atoms with Gasteiger partial charge in [0.15, 0.2) is 0 Å². The summed E-state index contributed by atoms with van der Waals surface area (Å²) in [6, 6.07) is 6.57. The second-order valence-electron chi connectivity index (χ2n) is 6.49. The highest BCUT2D eigenvalue weighted by molar-refractivity contribution is 5.76. The molecule has 0 saturated carbocycles. The molecule has 128 valence electrons. The summed E-state index contributed by atoms with van der Waals surface area (Å²) in [5.41, 5.74) is 0.635. The molecule has 1 amide bonds. The Labute approximate surface area is 138 Å². The highest BCUT2D eigenvalue weighted by atomic mass is 16.3. The summed E-state index contributed by atoms with van der Waals surface area (Å²) in [6.07, 6.45) is 1.92. The normalized spacial score (nSPS) is 17.9. The number of piperidine rings is 1. The van der Waals surface area contributed by atoms with Crippen LogP contribution >= 0.6 is 0 Å². The number of aliphatic hydroxyl groups excluding tert-OH is 1. The van der Waals surface area contributed by atoms with E-state index in [0.29, 0.717) is 24.4 Å². The number of nitrogens with zero attached hydrogens (tertiary/aromatic N) is 2. The number of carbonyl (C=O) groups excluding carboxylic acids is 1. The van der Waals surface area contributed by atoms with E-state index in [0.717, 1.165) is 25.9 Å². The Balaban J connectivity index is 1.89. The number of likely N-dealkylation sites (N-methyl/N-ethyl adjacent to an activating group) is 1. The van der Waals surface area contributed by atoms with Crippen molar-refractivity contribution in [2.45, 2.75) is 32.3 Å². The SMILES string of the molecule is CCN(CC(O)c1cccc(O)c1)C(=O)CC1CCN(C)CC1. The van der Waals surface area contributed by atoms with Crippen LogP contribution in [0.3, 0.4) is 0 Å². The molecule has 5 heteroatoms. The molecule has 2 N–H and O–H groups in total. The number of rotatable bonds is 6. The second-order valence-corrected chi connectivity index (χ2v) is 6.49. The van der Waals surface area contributed by atoms with Crippen molar-refractivity contribution in [3.05, 3.63) is 29.8 Å². The van der Waals surface area contributed by atoms with Gasteiger partial charge in [-0.05, 0) is 63.5 Å². The maximum absolute atomic E-state index is 12.5. The standard InChI is InChI=1S/C18H28N2O3/c1-3-20(13-17(22)15-5-4-6-16(21)12-15)18(23)11-14-7-9-19(2)10-8-14/h4-6,12,14,17,21-22H,3,7-11,13H2,1-2H3. The molecule has 0 aliphatic carbocycles. The zero-order valence-electron chi connectivity index (χ0n) is 14.1. The van der Waals surface area contributed by atoms with Crippen LogP contribution in [0.5, 0.6) is 5.75 Å². The molecule has 0 bridgehead atoms. The molecule has 0 spiro atoms. The predicted octanol–water partition coefficient (Wildman–Crippen LogP) is 2.01. The number of amides is 1. The Morgan fingerprint density at radius 1 is 1.39 bits per heavy atom. The van der Waals surface area contributed by atoms with Crippen molar-refractivity contribution in [3.8, 4) is 5.75 Å². The van der Waals surface area contributed by atoms with Crippen molar-refractivity contribution in [3.63, 3.8) is 0 Å². The average molecular weight is 320 g/mol. The lowest BCUT2D eigenvalue weighted by atomic mass is 9.93. The summed E-state index contributed by atoms with van der Waals surface area (Å²) >= 11 is 0. The fourth-order valence-corrected chi connectivity index (χ4v) is 3.10. The van der Waals surface area contributed by atoms with Gasteiger partial charge in [-0.1, -0.05) is 12.1 Å². The molecule has 1 aliphatic heterocycles. The van der Waals surface area contributed by atoms with Gasteiger partial charge < -0.3 is 20.0 Å². The van der Waals surface area contributed by atoms with E-state index in [1.807, 2.05) is 6.92 Å². The summed E-state index contributed by atoms with van der Waals surface area (Å²) in [5, 5.41) is 19.8.